The first kappa shape index (κ1) is 27.2. The lowest BCUT2D eigenvalue weighted by Gasteiger charge is -2.39. The van der Waals surface area contributed by atoms with Crippen LogP contribution in [-0.2, 0) is 10.2 Å². The summed E-state index contributed by atoms with van der Waals surface area (Å²) >= 11 is 1.33. The van der Waals surface area contributed by atoms with Crippen molar-refractivity contribution in [2.24, 2.45) is 5.92 Å². The number of ketones is 2. The van der Waals surface area contributed by atoms with E-state index in [9.17, 15) is 9.59 Å². The largest absolute Gasteiger partial charge is 0.497 e. The van der Waals surface area contributed by atoms with Gasteiger partial charge in [0.1, 0.15) is 23.0 Å². The van der Waals surface area contributed by atoms with E-state index in [1.54, 1.807) is 24.3 Å². The molecule has 0 saturated carbocycles. The third-order valence-electron chi connectivity index (χ3n) is 9.12. The molecule has 43 heavy (non-hydrogen) atoms. The van der Waals surface area contributed by atoms with Gasteiger partial charge in [-0.3, -0.25) is 14.4 Å². The van der Waals surface area contributed by atoms with Crippen molar-refractivity contribution in [3.05, 3.63) is 111 Å². The van der Waals surface area contributed by atoms with E-state index >= 15 is 4.79 Å². The number of carbonyl (C=O) groups is 3. The molecule has 8 heteroatoms. The summed E-state index contributed by atoms with van der Waals surface area (Å²) in [6.07, 6.45) is 2.06. The highest BCUT2D eigenvalue weighted by Gasteiger charge is 2.70. The highest BCUT2D eigenvalue weighted by molar-refractivity contribution is 7.12. The number of anilines is 2. The molecular formula is C35H30N2O5S. The van der Waals surface area contributed by atoms with Gasteiger partial charge in [-0.1, -0.05) is 42.0 Å². The second kappa shape index (κ2) is 9.95. The average Bonchev–Trinajstić information content (AvgIpc) is 3.73. The van der Waals surface area contributed by atoms with Crippen molar-refractivity contribution in [3.63, 3.8) is 0 Å². The van der Waals surface area contributed by atoms with Crippen LogP contribution in [0.4, 0.5) is 11.4 Å². The third-order valence-corrected chi connectivity index (χ3v) is 10.0. The zero-order valence-electron chi connectivity index (χ0n) is 24.2. The molecule has 0 bridgehead atoms. The van der Waals surface area contributed by atoms with Crippen LogP contribution in [0.1, 0.15) is 43.6 Å². The average molecular weight is 591 g/mol. The minimum Gasteiger partial charge on any atom is -0.497 e. The number of ether oxygens (including phenoxy) is 2. The van der Waals surface area contributed by atoms with Crippen LogP contribution in [0.3, 0.4) is 0 Å². The van der Waals surface area contributed by atoms with Gasteiger partial charge in [0.15, 0.2) is 11.6 Å². The Hall–Kier alpha value is -4.69. The predicted octanol–water partition coefficient (Wildman–Crippen LogP) is 6.32. The molecule has 1 aromatic heterocycles. The number of carbonyl (C=O) groups excluding carboxylic acids is 3. The van der Waals surface area contributed by atoms with E-state index in [4.69, 9.17) is 9.47 Å². The second-order valence-electron chi connectivity index (χ2n) is 11.3. The minimum atomic E-state index is -1.40. The summed E-state index contributed by atoms with van der Waals surface area (Å²) in [7, 11) is 3.03. The Morgan fingerprint density at radius 3 is 2.49 bits per heavy atom. The maximum Gasteiger partial charge on any atom is 0.238 e. The van der Waals surface area contributed by atoms with Gasteiger partial charge >= 0.3 is 0 Å². The Kier molecular flexibility index (Phi) is 6.29. The number of nitrogens with one attached hydrogen (secondary N) is 1. The van der Waals surface area contributed by atoms with Gasteiger partial charge in [0.25, 0.3) is 0 Å². The van der Waals surface area contributed by atoms with Crippen LogP contribution in [0.15, 0.2) is 84.3 Å². The highest BCUT2D eigenvalue weighted by Crippen LogP contribution is 2.59. The summed E-state index contributed by atoms with van der Waals surface area (Å²) < 4.78 is 11.1. The van der Waals surface area contributed by atoms with Gasteiger partial charge in [0.2, 0.25) is 5.91 Å². The fourth-order valence-corrected chi connectivity index (χ4v) is 7.98. The molecule has 1 spiro atoms. The van der Waals surface area contributed by atoms with Gasteiger partial charge in [-0.25, -0.2) is 0 Å². The molecule has 1 amide bonds. The number of methoxy groups -OCH3 is 2. The molecule has 7 rings (SSSR count). The smallest absolute Gasteiger partial charge is 0.238 e. The van der Waals surface area contributed by atoms with Crippen molar-refractivity contribution in [1.82, 2.24) is 0 Å². The topological polar surface area (TPSA) is 84.9 Å². The maximum absolute atomic E-state index is 15.2. The van der Waals surface area contributed by atoms with Crippen molar-refractivity contribution < 1.29 is 23.9 Å². The van der Waals surface area contributed by atoms with E-state index in [-0.39, 0.29) is 23.0 Å². The number of para-hydroxylation sites is 1. The SMILES string of the molecule is COc1ccc(OC)c(C(=O)[C@@H]2[C@@H](C(=O)c3cccs3)N3c4ccc(C)cc4C(C)=C[C@@H]3[C@@]23C(=O)Nc2ccccc23)c1. The van der Waals surface area contributed by atoms with E-state index in [0.717, 1.165) is 22.4 Å². The van der Waals surface area contributed by atoms with Gasteiger partial charge in [0, 0.05) is 16.9 Å². The Morgan fingerprint density at radius 2 is 1.74 bits per heavy atom. The molecule has 216 valence electrons. The summed E-state index contributed by atoms with van der Waals surface area (Å²) in [4.78, 5) is 47.0. The Bertz CT molecular complexity index is 1840. The Morgan fingerprint density at radius 1 is 0.930 bits per heavy atom. The van der Waals surface area contributed by atoms with Crippen molar-refractivity contribution >= 4 is 45.8 Å². The number of benzene rings is 3. The molecule has 1 fully saturated rings. The number of fused-ring (bicyclic) bond motifs is 6. The zero-order valence-corrected chi connectivity index (χ0v) is 25.0. The molecule has 0 radical (unpaired) electrons. The van der Waals surface area contributed by atoms with Crippen LogP contribution in [0.5, 0.6) is 11.5 Å². The molecule has 7 nitrogen and oxygen atoms in total. The molecule has 4 heterocycles. The molecule has 3 aliphatic heterocycles. The first-order valence-corrected chi connectivity index (χ1v) is 15.0. The molecule has 4 atom stereocenters. The van der Waals surface area contributed by atoms with E-state index in [2.05, 4.69) is 17.5 Å². The van der Waals surface area contributed by atoms with Gasteiger partial charge in [0.05, 0.1) is 36.6 Å². The van der Waals surface area contributed by atoms with Gasteiger partial charge in [-0.15, -0.1) is 11.3 Å². The van der Waals surface area contributed by atoms with Gasteiger partial charge < -0.3 is 19.7 Å². The summed E-state index contributed by atoms with van der Waals surface area (Å²) in [6, 6.07) is 20.7. The van der Waals surface area contributed by atoms with Crippen LogP contribution in [0.2, 0.25) is 0 Å². The van der Waals surface area contributed by atoms with E-state index < -0.39 is 23.4 Å². The number of Topliss-reactive ketones (excluding diaryl/α,β-unsaturated/α-hetero) is 2. The first-order valence-electron chi connectivity index (χ1n) is 14.1. The van der Waals surface area contributed by atoms with Crippen LogP contribution in [-0.4, -0.2) is 43.8 Å². The number of rotatable bonds is 6. The van der Waals surface area contributed by atoms with E-state index in [1.807, 2.05) is 66.6 Å². The highest BCUT2D eigenvalue weighted by atomic mass is 32.1. The second-order valence-corrected chi connectivity index (χ2v) is 12.2. The molecule has 3 aromatic carbocycles. The lowest BCUT2D eigenvalue weighted by Crippen LogP contribution is -2.51. The number of nitrogens with zero attached hydrogens (tertiary/aromatic N) is 1. The molecule has 3 aliphatic rings. The Balaban J connectivity index is 1.57. The molecule has 1 saturated heterocycles. The number of aryl methyl sites for hydroxylation is 1. The van der Waals surface area contributed by atoms with Crippen LogP contribution in [0.25, 0.3) is 5.57 Å². The lowest BCUT2D eigenvalue weighted by molar-refractivity contribution is -0.121. The summed E-state index contributed by atoms with van der Waals surface area (Å²) in [6.45, 7) is 4.06. The lowest BCUT2D eigenvalue weighted by atomic mass is 9.64. The fourth-order valence-electron chi connectivity index (χ4n) is 7.28. The quantitative estimate of drug-likeness (QED) is 0.265. The van der Waals surface area contributed by atoms with Crippen LogP contribution < -0.4 is 19.7 Å². The monoisotopic (exact) mass is 590 g/mol. The van der Waals surface area contributed by atoms with Crippen molar-refractivity contribution in [3.8, 4) is 11.5 Å². The molecule has 4 aromatic rings. The van der Waals surface area contributed by atoms with E-state index in [0.29, 0.717) is 27.6 Å². The van der Waals surface area contributed by atoms with Crippen molar-refractivity contribution in [2.75, 3.05) is 24.4 Å². The van der Waals surface area contributed by atoms with Crippen LogP contribution >= 0.6 is 11.3 Å². The third kappa shape index (κ3) is 3.75. The van der Waals surface area contributed by atoms with Crippen molar-refractivity contribution in [2.45, 2.75) is 31.3 Å². The summed E-state index contributed by atoms with van der Waals surface area (Å²) in [5.74, 6) is -1.12. The molecule has 0 unspecified atom stereocenters. The summed E-state index contributed by atoms with van der Waals surface area (Å²) in [5, 5.41) is 4.93. The molecular weight excluding hydrogens is 560 g/mol. The van der Waals surface area contributed by atoms with Gasteiger partial charge in [-0.2, -0.15) is 0 Å². The molecule has 0 aliphatic carbocycles. The first-order chi connectivity index (χ1) is 20.8. The number of hydrogen-bond acceptors (Lipinski definition) is 7. The number of allylic oxidation sites excluding steroid dienone is 1. The van der Waals surface area contributed by atoms with Crippen LogP contribution in [0, 0.1) is 12.8 Å². The maximum atomic E-state index is 15.2. The number of amides is 1. The fraction of sp³-hybridized carbons (Fsp3) is 0.229. The standard InChI is InChI=1S/C35H30N2O5S/c1-19-11-13-26-22(16-19)20(2)17-29-35(24-8-5-6-9-25(24)36-34(35)40)30(31(37(26)29)33(39)28-10-7-15-43-28)32(38)23-18-21(41-3)12-14-27(23)42-4/h5-18,29-31H,1-4H3,(H,36,40)/t29-,30+,31+,35-/m1/s1. The molecule has 1 N–H and O–H groups in total. The number of thiophene rings is 1. The zero-order chi connectivity index (χ0) is 30.0. The van der Waals surface area contributed by atoms with Gasteiger partial charge in [-0.05, 0) is 72.8 Å². The van der Waals surface area contributed by atoms with E-state index in [1.165, 1.54) is 25.6 Å². The predicted molar refractivity (Wildman–Crippen MR) is 168 cm³/mol. The van der Waals surface area contributed by atoms with Crippen molar-refractivity contribution in [1.29, 1.82) is 0 Å². The number of hydrogen-bond donors (Lipinski definition) is 1. The minimum absolute atomic E-state index is 0.200. The summed E-state index contributed by atoms with van der Waals surface area (Å²) in [5.41, 5.74) is 4.09. The normalized spacial score (nSPS) is 23.3. The Labute approximate surface area is 253 Å².